The molecular formula is C8H14BrN3O2S. The highest BCUT2D eigenvalue weighted by Crippen LogP contribution is 2.23. The molecule has 0 bridgehead atoms. The van der Waals surface area contributed by atoms with E-state index in [2.05, 4.69) is 25.8 Å². The summed E-state index contributed by atoms with van der Waals surface area (Å²) < 4.78 is 26.7. The fraction of sp³-hybridized carbons (Fsp3) is 0.625. The lowest BCUT2D eigenvalue weighted by Crippen LogP contribution is -2.14. The van der Waals surface area contributed by atoms with Crippen LogP contribution < -0.4 is 4.72 Å². The lowest BCUT2D eigenvalue weighted by Gasteiger charge is -2.06. The van der Waals surface area contributed by atoms with Gasteiger partial charge in [0.05, 0.1) is 11.4 Å². The zero-order valence-corrected chi connectivity index (χ0v) is 11.3. The van der Waals surface area contributed by atoms with Crippen LogP contribution in [0.5, 0.6) is 0 Å². The zero-order valence-electron chi connectivity index (χ0n) is 8.86. The van der Waals surface area contributed by atoms with Crippen LogP contribution in [0, 0.1) is 0 Å². The van der Waals surface area contributed by atoms with Gasteiger partial charge in [-0.15, -0.1) is 0 Å². The molecule has 1 N–H and O–H groups in total. The Morgan fingerprint density at radius 2 is 2.20 bits per heavy atom. The minimum Gasteiger partial charge on any atom is -0.279 e. The third-order valence-electron chi connectivity index (χ3n) is 1.81. The van der Waals surface area contributed by atoms with Gasteiger partial charge < -0.3 is 0 Å². The molecule has 86 valence electrons. The van der Waals surface area contributed by atoms with Crippen LogP contribution in [0.2, 0.25) is 0 Å². The van der Waals surface area contributed by atoms with Crippen molar-refractivity contribution in [2.45, 2.75) is 19.8 Å². The van der Waals surface area contributed by atoms with E-state index in [1.807, 2.05) is 13.8 Å². The SMILES string of the molecule is CC(C)c1nn(C)cc1NS(=O)(=O)CBr. The molecular weight excluding hydrogens is 282 g/mol. The topological polar surface area (TPSA) is 64.0 Å². The summed E-state index contributed by atoms with van der Waals surface area (Å²) in [6, 6.07) is 0. The maximum absolute atomic E-state index is 11.4. The van der Waals surface area contributed by atoms with E-state index in [0.717, 1.165) is 5.69 Å². The Bertz CT molecular complexity index is 439. The van der Waals surface area contributed by atoms with Crippen LogP contribution in [0.3, 0.4) is 0 Å². The first kappa shape index (κ1) is 12.5. The fourth-order valence-corrected chi connectivity index (χ4v) is 2.10. The predicted octanol–water partition coefficient (Wildman–Crippen LogP) is 1.64. The van der Waals surface area contributed by atoms with Gasteiger partial charge in [0, 0.05) is 13.2 Å². The maximum Gasteiger partial charge on any atom is 0.242 e. The highest BCUT2D eigenvalue weighted by Gasteiger charge is 2.16. The number of rotatable bonds is 4. The van der Waals surface area contributed by atoms with Gasteiger partial charge in [-0.25, -0.2) is 8.42 Å². The molecule has 0 aliphatic carbocycles. The highest BCUT2D eigenvalue weighted by atomic mass is 79.9. The average molecular weight is 296 g/mol. The number of aromatic nitrogens is 2. The second kappa shape index (κ2) is 4.52. The van der Waals surface area contributed by atoms with E-state index in [1.54, 1.807) is 17.9 Å². The first-order chi connectivity index (χ1) is 6.85. The van der Waals surface area contributed by atoms with Crippen molar-refractivity contribution in [3.8, 4) is 0 Å². The molecule has 7 heteroatoms. The number of nitrogens with one attached hydrogen (secondary N) is 1. The molecule has 0 saturated heterocycles. The van der Waals surface area contributed by atoms with Gasteiger partial charge in [0.15, 0.2) is 0 Å². The second-order valence-electron chi connectivity index (χ2n) is 3.58. The van der Waals surface area contributed by atoms with Gasteiger partial charge in [0.1, 0.15) is 4.66 Å². The Kier molecular flexibility index (Phi) is 3.77. The molecule has 0 aliphatic heterocycles. The number of hydrogen-bond acceptors (Lipinski definition) is 3. The number of hydrogen-bond donors (Lipinski definition) is 1. The van der Waals surface area contributed by atoms with E-state index in [1.165, 1.54) is 0 Å². The molecule has 0 spiro atoms. The van der Waals surface area contributed by atoms with Gasteiger partial charge in [-0.2, -0.15) is 5.10 Å². The van der Waals surface area contributed by atoms with Crippen molar-refractivity contribution < 1.29 is 8.42 Å². The molecule has 1 rings (SSSR count). The lowest BCUT2D eigenvalue weighted by molar-refractivity contribution is 0.606. The molecule has 0 saturated carbocycles. The summed E-state index contributed by atoms with van der Waals surface area (Å²) in [6.45, 7) is 3.93. The van der Waals surface area contributed by atoms with Crippen molar-refractivity contribution in [3.63, 3.8) is 0 Å². The van der Waals surface area contributed by atoms with Crippen LogP contribution in [0.15, 0.2) is 6.20 Å². The van der Waals surface area contributed by atoms with Gasteiger partial charge in [0.25, 0.3) is 0 Å². The van der Waals surface area contributed by atoms with E-state index in [-0.39, 0.29) is 10.6 Å². The van der Waals surface area contributed by atoms with Crippen LogP contribution in [-0.2, 0) is 17.1 Å². The largest absolute Gasteiger partial charge is 0.279 e. The third kappa shape index (κ3) is 3.20. The number of halogens is 1. The monoisotopic (exact) mass is 295 g/mol. The van der Waals surface area contributed by atoms with Crippen LogP contribution in [0.25, 0.3) is 0 Å². The molecule has 1 aromatic rings. The summed E-state index contributed by atoms with van der Waals surface area (Å²) in [5, 5.41) is 4.20. The van der Waals surface area contributed by atoms with E-state index in [4.69, 9.17) is 0 Å². The Labute approximate surface area is 98.0 Å². The van der Waals surface area contributed by atoms with Crippen LogP contribution in [-0.4, -0.2) is 22.9 Å². The normalized spacial score (nSPS) is 12.1. The first-order valence-electron chi connectivity index (χ1n) is 4.45. The summed E-state index contributed by atoms with van der Waals surface area (Å²) in [4.78, 5) is 0. The number of nitrogens with zero attached hydrogens (tertiary/aromatic N) is 2. The zero-order chi connectivity index (χ0) is 11.6. The molecule has 0 fully saturated rings. The molecule has 0 aromatic carbocycles. The Morgan fingerprint density at radius 1 is 1.60 bits per heavy atom. The van der Waals surface area contributed by atoms with Crippen LogP contribution in [0.1, 0.15) is 25.5 Å². The summed E-state index contributed by atoms with van der Waals surface area (Å²) in [7, 11) is -1.54. The first-order valence-corrected chi connectivity index (χ1v) is 7.23. The molecule has 0 amide bonds. The van der Waals surface area contributed by atoms with E-state index in [0.29, 0.717) is 5.69 Å². The minimum absolute atomic E-state index is 0.119. The van der Waals surface area contributed by atoms with Gasteiger partial charge in [-0.3, -0.25) is 9.40 Å². The standard InChI is InChI=1S/C8H14BrN3O2S/c1-6(2)8-7(4-12(3)10-8)11-15(13,14)5-9/h4,6,11H,5H2,1-3H3. The van der Waals surface area contributed by atoms with E-state index >= 15 is 0 Å². The summed E-state index contributed by atoms with van der Waals surface area (Å²) in [5.74, 6) is 0.180. The van der Waals surface area contributed by atoms with Crippen molar-refractivity contribution in [2.24, 2.45) is 7.05 Å². The van der Waals surface area contributed by atoms with Crippen molar-refractivity contribution >= 4 is 31.6 Å². The molecule has 5 nitrogen and oxygen atoms in total. The molecule has 0 atom stereocenters. The van der Waals surface area contributed by atoms with Gasteiger partial charge in [0.2, 0.25) is 10.0 Å². The van der Waals surface area contributed by atoms with E-state index < -0.39 is 10.0 Å². The maximum atomic E-state index is 11.4. The number of sulfonamides is 1. The number of anilines is 1. The smallest absolute Gasteiger partial charge is 0.242 e. The molecule has 0 unspecified atom stereocenters. The lowest BCUT2D eigenvalue weighted by atomic mass is 10.1. The Balaban J connectivity index is 3.04. The van der Waals surface area contributed by atoms with E-state index in [9.17, 15) is 8.42 Å². The minimum atomic E-state index is -3.30. The average Bonchev–Trinajstić information content (AvgIpc) is 2.46. The van der Waals surface area contributed by atoms with Crippen molar-refractivity contribution in [2.75, 3.05) is 9.38 Å². The van der Waals surface area contributed by atoms with Gasteiger partial charge in [-0.05, 0) is 5.92 Å². The number of alkyl halides is 1. The van der Waals surface area contributed by atoms with Crippen LogP contribution in [0.4, 0.5) is 5.69 Å². The van der Waals surface area contributed by atoms with Gasteiger partial charge in [-0.1, -0.05) is 29.8 Å². The molecule has 1 heterocycles. The Hall–Kier alpha value is -0.560. The fourth-order valence-electron chi connectivity index (χ4n) is 1.21. The van der Waals surface area contributed by atoms with Crippen molar-refractivity contribution in [3.05, 3.63) is 11.9 Å². The molecule has 0 aliphatic rings. The summed E-state index contributed by atoms with van der Waals surface area (Å²) in [6.07, 6.45) is 1.66. The molecule has 15 heavy (non-hydrogen) atoms. The number of aryl methyl sites for hydroxylation is 1. The quantitative estimate of drug-likeness (QED) is 0.859. The second-order valence-corrected chi connectivity index (χ2v) is 6.61. The summed E-state index contributed by atoms with van der Waals surface area (Å²) >= 11 is 2.92. The summed E-state index contributed by atoms with van der Waals surface area (Å²) in [5.41, 5.74) is 1.30. The third-order valence-corrected chi connectivity index (χ3v) is 4.44. The Morgan fingerprint density at radius 3 is 2.67 bits per heavy atom. The predicted molar refractivity (Wildman–Crippen MR) is 63.6 cm³/mol. The van der Waals surface area contributed by atoms with Crippen LogP contribution >= 0.6 is 15.9 Å². The van der Waals surface area contributed by atoms with Gasteiger partial charge >= 0.3 is 0 Å². The van der Waals surface area contributed by atoms with Crippen molar-refractivity contribution in [1.29, 1.82) is 0 Å². The molecule has 1 aromatic heterocycles. The molecule has 0 radical (unpaired) electrons. The van der Waals surface area contributed by atoms with Crippen molar-refractivity contribution in [1.82, 2.24) is 9.78 Å². The highest BCUT2D eigenvalue weighted by molar-refractivity contribution is 9.10.